The standard InChI is InChI=1S/C15H18O5/c1-4-14(2)12(10-13(16)18-3)15(19-14,20-17)11-8-6-5-7-9-11/h5-10,17H,4H2,1-3H3/b12-10-. The Balaban J connectivity index is 2.49. The molecule has 2 unspecified atom stereocenters. The van der Waals surface area contributed by atoms with Crippen molar-refractivity contribution in [1.82, 2.24) is 0 Å². The van der Waals surface area contributed by atoms with E-state index in [0.29, 0.717) is 17.6 Å². The summed E-state index contributed by atoms with van der Waals surface area (Å²) in [6.07, 6.45) is 1.95. The van der Waals surface area contributed by atoms with E-state index in [2.05, 4.69) is 9.62 Å². The van der Waals surface area contributed by atoms with Gasteiger partial charge in [0.2, 0.25) is 0 Å². The highest BCUT2D eigenvalue weighted by Gasteiger charge is 2.61. The molecule has 0 radical (unpaired) electrons. The Morgan fingerprint density at radius 1 is 1.40 bits per heavy atom. The Morgan fingerprint density at radius 2 is 2.05 bits per heavy atom. The lowest BCUT2D eigenvalue weighted by Gasteiger charge is -2.54. The lowest BCUT2D eigenvalue weighted by molar-refractivity contribution is -0.456. The van der Waals surface area contributed by atoms with E-state index >= 15 is 0 Å². The maximum Gasteiger partial charge on any atom is 0.330 e. The molecule has 1 aliphatic rings. The summed E-state index contributed by atoms with van der Waals surface area (Å²) in [6, 6.07) is 8.97. The smallest absolute Gasteiger partial charge is 0.330 e. The number of hydrogen-bond donors (Lipinski definition) is 1. The molecule has 1 heterocycles. The van der Waals surface area contributed by atoms with Crippen LogP contribution in [-0.4, -0.2) is 23.9 Å². The minimum atomic E-state index is -1.44. The average Bonchev–Trinajstić information content (AvgIpc) is 2.50. The molecule has 1 fully saturated rings. The van der Waals surface area contributed by atoms with Crippen molar-refractivity contribution in [2.45, 2.75) is 31.7 Å². The van der Waals surface area contributed by atoms with Crippen molar-refractivity contribution < 1.29 is 24.4 Å². The Kier molecular flexibility index (Phi) is 3.94. The van der Waals surface area contributed by atoms with Gasteiger partial charge in [0, 0.05) is 17.2 Å². The van der Waals surface area contributed by atoms with Crippen LogP contribution in [-0.2, 0) is 24.9 Å². The number of carbonyl (C=O) groups is 1. The third-order valence-electron chi connectivity index (χ3n) is 3.71. The highest BCUT2D eigenvalue weighted by Crippen LogP contribution is 2.55. The molecule has 2 rings (SSSR count). The van der Waals surface area contributed by atoms with Crippen LogP contribution < -0.4 is 0 Å². The Morgan fingerprint density at radius 3 is 2.55 bits per heavy atom. The molecule has 0 aromatic heterocycles. The minimum absolute atomic E-state index is 0.514. The summed E-state index contributed by atoms with van der Waals surface area (Å²) >= 11 is 0. The normalized spacial score (nSPS) is 30.9. The molecule has 5 heteroatoms. The molecule has 1 aromatic rings. The highest BCUT2D eigenvalue weighted by atomic mass is 17.2. The molecule has 0 bridgehead atoms. The zero-order valence-corrected chi connectivity index (χ0v) is 11.8. The first kappa shape index (κ1) is 14.7. The first-order valence-electron chi connectivity index (χ1n) is 6.41. The molecule has 0 amide bonds. The van der Waals surface area contributed by atoms with Gasteiger partial charge in [0.15, 0.2) is 0 Å². The van der Waals surface area contributed by atoms with Crippen LogP contribution in [0.3, 0.4) is 0 Å². The SMILES string of the molecule is CCC1(C)OC(OO)(c2ccccc2)/C1=C\C(=O)OC. The topological polar surface area (TPSA) is 65.0 Å². The minimum Gasteiger partial charge on any atom is -0.466 e. The van der Waals surface area contributed by atoms with Crippen molar-refractivity contribution in [3.05, 3.63) is 47.5 Å². The van der Waals surface area contributed by atoms with Crippen LogP contribution in [0.15, 0.2) is 42.0 Å². The van der Waals surface area contributed by atoms with Crippen molar-refractivity contribution in [3.8, 4) is 0 Å². The molecular weight excluding hydrogens is 260 g/mol. The van der Waals surface area contributed by atoms with Gasteiger partial charge in [0.05, 0.1) is 12.7 Å². The van der Waals surface area contributed by atoms with E-state index in [9.17, 15) is 10.1 Å². The zero-order chi connectivity index (χ0) is 14.8. The predicted octanol–water partition coefficient (Wildman–Crippen LogP) is 2.63. The fraction of sp³-hybridized carbons (Fsp3) is 0.400. The van der Waals surface area contributed by atoms with Crippen LogP contribution in [0.1, 0.15) is 25.8 Å². The first-order chi connectivity index (χ1) is 9.52. The number of hydrogen-bond acceptors (Lipinski definition) is 5. The van der Waals surface area contributed by atoms with Crippen LogP contribution in [0.25, 0.3) is 0 Å². The number of carbonyl (C=O) groups excluding carboxylic acids is 1. The number of benzene rings is 1. The highest BCUT2D eigenvalue weighted by molar-refractivity contribution is 5.84. The molecule has 0 aliphatic carbocycles. The molecule has 2 atom stereocenters. The summed E-state index contributed by atoms with van der Waals surface area (Å²) in [6.45, 7) is 3.76. The van der Waals surface area contributed by atoms with Gasteiger partial charge in [0.1, 0.15) is 0 Å². The monoisotopic (exact) mass is 278 g/mol. The fourth-order valence-electron chi connectivity index (χ4n) is 2.41. The summed E-state index contributed by atoms with van der Waals surface area (Å²) in [5, 5.41) is 9.36. The second-order valence-electron chi connectivity index (χ2n) is 4.84. The third-order valence-corrected chi connectivity index (χ3v) is 3.71. The molecule has 1 N–H and O–H groups in total. The quantitative estimate of drug-likeness (QED) is 0.397. The largest absolute Gasteiger partial charge is 0.466 e. The molecule has 108 valence electrons. The summed E-state index contributed by atoms with van der Waals surface area (Å²) in [5.41, 5.74) is 0.476. The Bertz CT molecular complexity index is 524. The van der Waals surface area contributed by atoms with E-state index in [1.165, 1.54) is 13.2 Å². The number of ether oxygens (including phenoxy) is 2. The van der Waals surface area contributed by atoms with Gasteiger partial charge in [-0.3, -0.25) is 0 Å². The molecule has 1 aliphatic heterocycles. The van der Waals surface area contributed by atoms with Crippen LogP contribution in [0.4, 0.5) is 0 Å². The maximum absolute atomic E-state index is 11.6. The molecule has 5 nitrogen and oxygen atoms in total. The van der Waals surface area contributed by atoms with Gasteiger partial charge in [0.25, 0.3) is 5.79 Å². The van der Waals surface area contributed by atoms with Crippen molar-refractivity contribution in [3.63, 3.8) is 0 Å². The molecule has 0 spiro atoms. The second-order valence-corrected chi connectivity index (χ2v) is 4.84. The summed E-state index contributed by atoms with van der Waals surface area (Å²) in [5.74, 6) is -1.96. The third kappa shape index (κ3) is 2.14. The van der Waals surface area contributed by atoms with Crippen LogP contribution in [0.2, 0.25) is 0 Å². The maximum atomic E-state index is 11.6. The molecule has 1 aromatic carbocycles. The van der Waals surface area contributed by atoms with Gasteiger partial charge in [-0.2, -0.15) is 4.89 Å². The van der Waals surface area contributed by atoms with Gasteiger partial charge < -0.3 is 9.47 Å². The number of methoxy groups -OCH3 is 1. The first-order valence-corrected chi connectivity index (χ1v) is 6.41. The number of rotatable bonds is 4. The molecule has 20 heavy (non-hydrogen) atoms. The van der Waals surface area contributed by atoms with E-state index < -0.39 is 17.4 Å². The van der Waals surface area contributed by atoms with Gasteiger partial charge in [-0.1, -0.05) is 37.3 Å². The van der Waals surface area contributed by atoms with E-state index in [4.69, 9.17) is 4.74 Å². The van der Waals surface area contributed by atoms with E-state index in [1.54, 1.807) is 24.3 Å². The van der Waals surface area contributed by atoms with Crippen molar-refractivity contribution >= 4 is 5.97 Å². The van der Waals surface area contributed by atoms with Crippen LogP contribution in [0, 0.1) is 0 Å². The van der Waals surface area contributed by atoms with Crippen molar-refractivity contribution in [2.75, 3.05) is 7.11 Å². The summed E-state index contributed by atoms with van der Waals surface area (Å²) in [4.78, 5) is 16.2. The van der Waals surface area contributed by atoms with Gasteiger partial charge in [-0.15, -0.1) is 0 Å². The van der Waals surface area contributed by atoms with Crippen LogP contribution in [0.5, 0.6) is 0 Å². The van der Waals surface area contributed by atoms with Crippen molar-refractivity contribution in [2.24, 2.45) is 0 Å². The lowest BCUT2D eigenvalue weighted by atomic mass is 9.76. The Hall–Kier alpha value is -1.69. The zero-order valence-electron chi connectivity index (χ0n) is 11.8. The fourth-order valence-corrected chi connectivity index (χ4v) is 2.41. The molecular formula is C15H18O5. The van der Waals surface area contributed by atoms with E-state index in [0.717, 1.165) is 0 Å². The summed E-state index contributed by atoms with van der Waals surface area (Å²) in [7, 11) is 1.30. The Labute approximate surface area is 117 Å². The van der Waals surface area contributed by atoms with Crippen molar-refractivity contribution in [1.29, 1.82) is 0 Å². The number of esters is 1. The second kappa shape index (κ2) is 5.36. The van der Waals surface area contributed by atoms with Crippen LogP contribution >= 0.6 is 0 Å². The van der Waals surface area contributed by atoms with Gasteiger partial charge >= 0.3 is 5.97 Å². The summed E-state index contributed by atoms with van der Waals surface area (Å²) < 4.78 is 10.5. The molecule has 0 saturated carbocycles. The lowest BCUT2D eigenvalue weighted by Crippen LogP contribution is -2.59. The molecule has 1 saturated heterocycles. The van der Waals surface area contributed by atoms with Gasteiger partial charge in [-0.05, 0) is 13.3 Å². The van der Waals surface area contributed by atoms with E-state index in [-0.39, 0.29) is 0 Å². The average molecular weight is 278 g/mol. The predicted molar refractivity (Wildman–Crippen MR) is 71.7 cm³/mol. The van der Waals surface area contributed by atoms with E-state index in [1.807, 2.05) is 19.9 Å². The van der Waals surface area contributed by atoms with Gasteiger partial charge in [-0.25, -0.2) is 10.1 Å².